The number of anilines is 1. The summed E-state index contributed by atoms with van der Waals surface area (Å²) in [5.74, 6) is -1.92. The van der Waals surface area contributed by atoms with Crippen molar-refractivity contribution in [2.24, 2.45) is 7.05 Å². The maximum absolute atomic E-state index is 13.8. The Kier molecular flexibility index (Phi) is 8.15. The molecule has 2 aromatic carbocycles. The maximum Gasteiger partial charge on any atom is 0.416 e. The molecule has 0 aliphatic heterocycles. The second kappa shape index (κ2) is 11.3. The van der Waals surface area contributed by atoms with Crippen molar-refractivity contribution in [3.8, 4) is 11.1 Å². The van der Waals surface area contributed by atoms with Crippen LogP contribution in [0, 0.1) is 0 Å². The van der Waals surface area contributed by atoms with Crippen LogP contribution in [0.3, 0.4) is 0 Å². The van der Waals surface area contributed by atoms with Crippen molar-refractivity contribution in [1.82, 2.24) is 14.9 Å². The summed E-state index contributed by atoms with van der Waals surface area (Å²) in [5.41, 5.74) is -3.87. The third-order valence-electron chi connectivity index (χ3n) is 6.39. The van der Waals surface area contributed by atoms with Gasteiger partial charge in [-0.2, -0.15) is 13.2 Å². The quantitative estimate of drug-likeness (QED) is 0.252. The number of nitrogens with one attached hydrogen (secondary N) is 2. The van der Waals surface area contributed by atoms with Gasteiger partial charge < -0.3 is 15.2 Å². The summed E-state index contributed by atoms with van der Waals surface area (Å²) in [4.78, 5) is 41.9. The molecule has 0 radical (unpaired) electrons. The van der Waals surface area contributed by atoms with Gasteiger partial charge in [0.2, 0.25) is 0 Å². The molecule has 0 saturated carbocycles. The number of nitrogens with zero attached hydrogens (tertiary/aromatic N) is 2. The summed E-state index contributed by atoms with van der Waals surface area (Å²) >= 11 is 0. The fraction of sp³-hybridized carbons (Fsp3) is 0.241. The van der Waals surface area contributed by atoms with E-state index in [1.54, 1.807) is 11.6 Å². The van der Waals surface area contributed by atoms with Crippen molar-refractivity contribution in [2.45, 2.75) is 38.7 Å². The highest BCUT2D eigenvalue weighted by atomic mass is 19.4. The van der Waals surface area contributed by atoms with E-state index in [9.17, 15) is 40.7 Å². The lowest BCUT2D eigenvalue weighted by molar-refractivity contribution is -0.137. The molecule has 0 aliphatic rings. The molecule has 7 nitrogen and oxygen atoms in total. The molecule has 13 heteroatoms. The molecule has 2 aromatic heterocycles. The summed E-state index contributed by atoms with van der Waals surface area (Å²) < 4.78 is 81.6. The maximum atomic E-state index is 13.8. The molecule has 0 aliphatic carbocycles. The average Bonchev–Trinajstić information content (AvgIpc) is 2.92. The van der Waals surface area contributed by atoms with Crippen LogP contribution in [0.1, 0.15) is 47.5 Å². The predicted molar refractivity (Wildman–Crippen MR) is 144 cm³/mol. The lowest BCUT2D eigenvalue weighted by atomic mass is 10.0. The number of hydrogen-bond donors (Lipinski definition) is 2. The molecule has 0 atom stereocenters. The number of pyridine rings is 2. The summed E-state index contributed by atoms with van der Waals surface area (Å²) in [6.07, 6.45) is -5.15. The van der Waals surface area contributed by atoms with Crippen molar-refractivity contribution < 1.29 is 35.9 Å². The normalized spacial score (nSPS) is 12.0. The molecule has 2 amide bonds. The number of benzene rings is 2. The molecule has 4 rings (SSSR count). The van der Waals surface area contributed by atoms with E-state index in [4.69, 9.17) is 0 Å². The van der Waals surface area contributed by atoms with E-state index in [2.05, 4.69) is 15.6 Å². The van der Waals surface area contributed by atoms with E-state index in [0.717, 1.165) is 38.2 Å². The second-order valence-corrected chi connectivity index (χ2v) is 9.98. The van der Waals surface area contributed by atoms with Crippen LogP contribution in [0.25, 0.3) is 22.0 Å². The highest BCUT2D eigenvalue weighted by Crippen LogP contribution is 2.31. The van der Waals surface area contributed by atoms with Crippen LogP contribution >= 0.6 is 0 Å². The molecular weight excluding hydrogens is 566 g/mol. The first-order chi connectivity index (χ1) is 19.6. The summed E-state index contributed by atoms with van der Waals surface area (Å²) in [5, 5.41) is 4.87. The van der Waals surface area contributed by atoms with Gasteiger partial charge in [-0.25, -0.2) is 13.2 Å². The second-order valence-electron chi connectivity index (χ2n) is 9.98. The standard InChI is InChI=1S/C29H24F6N4O3/c1-28(2,32)27(42)37-13-15-10-20(23(25(30)31)36-12-15)26(41)38-18-8-9-22-19(11-18)24(40)21(14-39(22)3)16-4-6-17(7-5-16)29(33,34)35/h4-12,14,25H,13H2,1-3H3,(H,37,42)(H,38,41). The number of alkyl halides is 6. The molecule has 0 spiro atoms. The van der Waals surface area contributed by atoms with Gasteiger partial charge in [0.1, 0.15) is 5.69 Å². The van der Waals surface area contributed by atoms with Crippen LogP contribution in [-0.4, -0.2) is 27.0 Å². The van der Waals surface area contributed by atoms with Gasteiger partial charge in [-0.3, -0.25) is 19.4 Å². The number of amides is 2. The van der Waals surface area contributed by atoms with Gasteiger partial charge in [-0.15, -0.1) is 0 Å². The lowest BCUT2D eigenvalue weighted by Gasteiger charge is -2.15. The number of halogens is 6. The van der Waals surface area contributed by atoms with E-state index >= 15 is 0 Å². The molecule has 0 saturated heterocycles. The van der Waals surface area contributed by atoms with E-state index in [0.29, 0.717) is 5.52 Å². The van der Waals surface area contributed by atoms with Crippen molar-refractivity contribution in [3.05, 3.63) is 93.5 Å². The van der Waals surface area contributed by atoms with Crippen LogP contribution < -0.4 is 16.1 Å². The van der Waals surface area contributed by atoms with Gasteiger partial charge in [0.25, 0.3) is 18.2 Å². The molecule has 0 fully saturated rings. The van der Waals surface area contributed by atoms with Gasteiger partial charge in [0.15, 0.2) is 11.1 Å². The topological polar surface area (TPSA) is 93.1 Å². The van der Waals surface area contributed by atoms with Crippen LogP contribution in [0.2, 0.25) is 0 Å². The zero-order chi connectivity index (χ0) is 31.0. The van der Waals surface area contributed by atoms with Crippen LogP contribution in [0.4, 0.5) is 32.0 Å². The first-order valence-electron chi connectivity index (χ1n) is 12.4. The third kappa shape index (κ3) is 6.45. The number of rotatable bonds is 7. The van der Waals surface area contributed by atoms with E-state index < -0.39 is 52.3 Å². The monoisotopic (exact) mass is 590 g/mol. The van der Waals surface area contributed by atoms with E-state index in [1.165, 1.54) is 36.5 Å². The first-order valence-corrected chi connectivity index (χ1v) is 12.4. The smallest absolute Gasteiger partial charge is 0.350 e. The molecule has 220 valence electrons. The van der Waals surface area contributed by atoms with Crippen LogP contribution in [0.5, 0.6) is 0 Å². The minimum atomic E-state index is -4.54. The van der Waals surface area contributed by atoms with Crippen molar-refractivity contribution in [1.29, 1.82) is 0 Å². The molecule has 42 heavy (non-hydrogen) atoms. The Morgan fingerprint density at radius 2 is 1.67 bits per heavy atom. The van der Waals surface area contributed by atoms with Gasteiger partial charge in [0, 0.05) is 42.6 Å². The fourth-order valence-electron chi connectivity index (χ4n) is 4.18. The number of fused-ring (bicyclic) bond motifs is 1. The average molecular weight is 591 g/mol. The number of aryl methyl sites for hydroxylation is 1. The van der Waals surface area contributed by atoms with Gasteiger partial charge in [-0.1, -0.05) is 12.1 Å². The Labute approximate surface area is 235 Å². The predicted octanol–water partition coefficient (Wildman–Crippen LogP) is 6.17. The van der Waals surface area contributed by atoms with E-state index in [-0.39, 0.29) is 34.3 Å². The Balaban J connectivity index is 1.66. The third-order valence-corrected chi connectivity index (χ3v) is 6.39. The zero-order valence-corrected chi connectivity index (χ0v) is 22.4. The molecule has 0 bridgehead atoms. The Morgan fingerprint density at radius 3 is 2.26 bits per heavy atom. The van der Waals surface area contributed by atoms with Crippen LogP contribution in [-0.2, 0) is 24.6 Å². The SMILES string of the molecule is Cn1cc(-c2ccc(C(F)(F)F)cc2)c(=O)c2cc(NC(=O)c3cc(CNC(=O)C(C)(C)F)cnc3C(F)F)ccc21. The van der Waals surface area contributed by atoms with Crippen molar-refractivity contribution in [3.63, 3.8) is 0 Å². The first kappa shape index (κ1) is 30.3. The fourth-order valence-corrected chi connectivity index (χ4v) is 4.18. The highest BCUT2D eigenvalue weighted by Gasteiger charge is 2.30. The Hall–Kier alpha value is -4.68. The van der Waals surface area contributed by atoms with Crippen LogP contribution in [0.15, 0.2) is 65.7 Å². The molecule has 2 N–H and O–H groups in total. The minimum Gasteiger partial charge on any atom is -0.350 e. The number of aromatic nitrogens is 2. The summed E-state index contributed by atoms with van der Waals surface area (Å²) in [7, 11) is 1.63. The minimum absolute atomic E-state index is 0.0762. The summed E-state index contributed by atoms with van der Waals surface area (Å²) in [6.45, 7) is 1.81. The molecule has 0 unspecified atom stereocenters. The Morgan fingerprint density at radius 1 is 1.00 bits per heavy atom. The highest BCUT2D eigenvalue weighted by molar-refractivity contribution is 6.06. The lowest BCUT2D eigenvalue weighted by Crippen LogP contribution is -2.38. The largest absolute Gasteiger partial charge is 0.416 e. The summed E-state index contributed by atoms with van der Waals surface area (Å²) in [6, 6.07) is 9.47. The van der Waals surface area contributed by atoms with E-state index in [1.807, 2.05) is 0 Å². The van der Waals surface area contributed by atoms with Gasteiger partial charge >= 0.3 is 6.18 Å². The number of hydrogen-bond acceptors (Lipinski definition) is 4. The zero-order valence-electron chi connectivity index (χ0n) is 22.4. The number of carbonyl (C=O) groups excluding carboxylic acids is 2. The molecule has 2 heterocycles. The Bertz CT molecular complexity index is 1730. The molecular formula is C29H24F6N4O3. The van der Waals surface area contributed by atoms with Crippen molar-refractivity contribution in [2.75, 3.05) is 5.32 Å². The number of carbonyl (C=O) groups is 2. The van der Waals surface area contributed by atoms with Gasteiger partial charge in [0.05, 0.1) is 16.6 Å². The van der Waals surface area contributed by atoms with Gasteiger partial charge in [-0.05, 0) is 61.4 Å². The van der Waals surface area contributed by atoms with Crippen molar-refractivity contribution >= 4 is 28.4 Å². The molecule has 4 aromatic rings.